The van der Waals surface area contributed by atoms with Crippen molar-refractivity contribution in [2.45, 2.75) is 44.6 Å². The minimum absolute atomic E-state index is 0.0206. The van der Waals surface area contributed by atoms with Crippen molar-refractivity contribution in [3.8, 4) is 11.3 Å². The normalized spacial score (nSPS) is 17.7. The SMILES string of the molecule is O=C1Cc2cnc(NC3CCCCC3)nc2-c2ccccc2N1. The fourth-order valence-corrected chi connectivity index (χ4v) is 3.43. The third-order valence-corrected chi connectivity index (χ3v) is 4.61. The lowest BCUT2D eigenvalue weighted by Gasteiger charge is -2.23. The molecule has 0 unspecified atom stereocenters. The molecule has 5 heteroatoms. The van der Waals surface area contributed by atoms with Crippen LogP contribution in [-0.2, 0) is 11.2 Å². The number of para-hydroxylation sites is 1. The molecule has 118 valence electrons. The number of carbonyl (C=O) groups excluding carboxylic acids is 1. The molecule has 2 heterocycles. The van der Waals surface area contributed by atoms with Crippen LogP contribution in [0.1, 0.15) is 37.7 Å². The number of nitrogens with zero attached hydrogens (tertiary/aromatic N) is 2. The van der Waals surface area contributed by atoms with Gasteiger partial charge >= 0.3 is 0 Å². The second-order valence-electron chi connectivity index (χ2n) is 6.32. The molecule has 2 aromatic rings. The smallest absolute Gasteiger partial charge is 0.228 e. The van der Waals surface area contributed by atoms with Gasteiger partial charge in [0.2, 0.25) is 11.9 Å². The lowest BCUT2D eigenvalue weighted by atomic mass is 9.96. The number of benzene rings is 1. The molecule has 5 nitrogen and oxygen atoms in total. The van der Waals surface area contributed by atoms with E-state index in [1.807, 2.05) is 24.3 Å². The minimum atomic E-state index is -0.0206. The topological polar surface area (TPSA) is 66.9 Å². The minimum Gasteiger partial charge on any atom is -0.351 e. The van der Waals surface area contributed by atoms with Crippen molar-refractivity contribution in [1.82, 2.24) is 9.97 Å². The zero-order chi connectivity index (χ0) is 15.6. The molecule has 4 rings (SSSR count). The molecule has 0 atom stereocenters. The molecule has 1 aromatic heterocycles. The van der Waals surface area contributed by atoms with Crippen LogP contribution in [0.2, 0.25) is 0 Å². The van der Waals surface area contributed by atoms with Gasteiger partial charge in [0.1, 0.15) is 0 Å². The Balaban J connectivity index is 1.70. The van der Waals surface area contributed by atoms with Gasteiger partial charge < -0.3 is 10.6 Å². The lowest BCUT2D eigenvalue weighted by molar-refractivity contribution is -0.115. The van der Waals surface area contributed by atoms with E-state index in [4.69, 9.17) is 4.98 Å². The van der Waals surface area contributed by atoms with E-state index >= 15 is 0 Å². The molecule has 1 fully saturated rings. The maximum atomic E-state index is 12.0. The highest BCUT2D eigenvalue weighted by atomic mass is 16.1. The first kappa shape index (κ1) is 14.2. The molecule has 0 saturated heterocycles. The van der Waals surface area contributed by atoms with Crippen LogP contribution in [-0.4, -0.2) is 21.9 Å². The number of anilines is 2. The highest BCUT2D eigenvalue weighted by molar-refractivity contribution is 5.99. The van der Waals surface area contributed by atoms with Crippen LogP contribution in [0.3, 0.4) is 0 Å². The van der Waals surface area contributed by atoms with E-state index in [1.54, 1.807) is 6.20 Å². The summed E-state index contributed by atoms with van der Waals surface area (Å²) in [5.74, 6) is 0.646. The summed E-state index contributed by atoms with van der Waals surface area (Å²) in [6, 6.07) is 8.27. The molecule has 1 aliphatic heterocycles. The van der Waals surface area contributed by atoms with E-state index in [2.05, 4.69) is 15.6 Å². The van der Waals surface area contributed by atoms with Crippen LogP contribution < -0.4 is 10.6 Å². The number of rotatable bonds is 2. The molecule has 0 spiro atoms. The molecule has 1 amide bonds. The van der Waals surface area contributed by atoms with E-state index < -0.39 is 0 Å². The van der Waals surface area contributed by atoms with Crippen LogP contribution in [0.25, 0.3) is 11.3 Å². The van der Waals surface area contributed by atoms with Gasteiger partial charge in [-0.1, -0.05) is 37.5 Å². The third kappa shape index (κ3) is 2.91. The second kappa shape index (κ2) is 5.99. The van der Waals surface area contributed by atoms with Crippen LogP contribution in [0.15, 0.2) is 30.5 Å². The van der Waals surface area contributed by atoms with Gasteiger partial charge in [-0.2, -0.15) is 0 Å². The van der Waals surface area contributed by atoms with Crippen molar-refractivity contribution < 1.29 is 4.79 Å². The summed E-state index contributed by atoms with van der Waals surface area (Å²) < 4.78 is 0. The zero-order valence-corrected chi connectivity index (χ0v) is 13.0. The third-order valence-electron chi connectivity index (χ3n) is 4.61. The van der Waals surface area contributed by atoms with Gasteiger partial charge in [-0.25, -0.2) is 9.97 Å². The monoisotopic (exact) mass is 308 g/mol. The summed E-state index contributed by atoms with van der Waals surface area (Å²) in [7, 11) is 0. The van der Waals surface area contributed by atoms with Gasteiger partial charge in [0, 0.05) is 23.4 Å². The maximum Gasteiger partial charge on any atom is 0.228 e. The average Bonchev–Trinajstić information content (AvgIpc) is 2.71. The van der Waals surface area contributed by atoms with Gasteiger partial charge in [0.15, 0.2) is 0 Å². The Labute approximate surface area is 135 Å². The zero-order valence-electron chi connectivity index (χ0n) is 13.0. The first-order chi connectivity index (χ1) is 11.3. The number of aromatic nitrogens is 2. The van der Waals surface area contributed by atoms with Gasteiger partial charge in [-0.15, -0.1) is 0 Å². The van der Waals surface area contributed by atoms with Crippen LogP contribution in [0.4, 0.5) is 11.6 Å². The van der Waals surface area contributed by atoms with Crippen LogP contribution in [0.5, 0.6) is 0 Å². The molecular weight excluding hydrogens is 288 g/mol. The van der Waals surface area contributed by atoms with Crippen molar-refractivity contribution in [2.24, 2.45) is 0 Å². The molecule has 1 aromatic carbocycles. The molecule has 23 heavy (non-hydrogen) atoms. The molecule has 0 radical (unpaired) electrons. The summed E-state index contributed by atoms with van der Waals surface area (Å²) in [5.41, 5.74) is 3.51. The average molecular weight is 308 g/mol. The van der Waals surface area contributed by atoms with E-state index in [1.165, 1.54) is 32.1 Å². The van der Waals surface area contributed by atoms with Gasteiger partial charge in [0.05, 0.1) is 17.8 Å². The van der Waals surface area contributed by atoms with Crippen LogP contribution >= 0.6 is 0 Å². The van der Waals surface area contributed by atoms with Crippen molar-refractivity contribution in [1.29, 1.82) is 0 Å². The number of fused-ring (bicyclic) bond motifs is 3. The first-order valence-corrected chi connectivity index (χ1v) is 8.31. The molecule has 0 bridgehead atoms. The number of carbonyl (C=O) groups is 1. The van der Waals surface area contributed by atoms with Gasteiger partial charge in [0.25, 0.3) is 0 Å². The van der Waals surface area contributed by atoms with E-state index in [0.717, 1.165) is 22.5 Å². The molecule has 2 N–H and O–H groups in total. The molecule has 1 saturated carbocycles. The molecule has 1 aliphatic carbocycles. The Morgan fingerprint density at radius 2 is 1.96 bits per heavy atom. The van der Waals surface area contributed by atoms with Crippen LogP contribution in [0, 0.1) is 0 Å². The van der Waals surface area contributed by atoms with E-state index in [0.29, 0.717) is 18.4 Å². The largest absolute Gasteiger partial charge is 0.351 e. The summed E-state index contributed by atoms with van der Waals surface area (Å²) in [6.45, 7) is 0. The molecular formula is C18H20N4O. The Bertz CT molecular complexity index is 738. The number of hydrogen-bond donors (Lipinski definition) is 2. The van der Waals surface area contributed by atoms with E-state index in [9.17, 15) is 4.79 Å². The lowest BCUT2D eigenvalue weighted by Crippen LogP contribution is -2.23. The highest BCUT2D eigenvalue weighted by Crippen LogP contribution is 2.32. The first-order valence-electron chi connectivity index (χ1n) is 8.31. The summed E-state index contributed by atoms with van der Waals surface area (Å²) >= 11 is 0. The Kier molecular flexibility index (Phi) is 3.69. The van der Waals surface area contributed by atoms with E-state index in [-0.39, 0.29) is 5.91 Å². The predicted octanol–water partition coefficient (Wildman–Crippen LogP) is 3.38. The summed E-state index contributed by atoms with van der Waals surface area (Å²) in [5, 5.41) is 6.41. The van der Waals surface area contributed by atoms with Gasteiger partial charge in [-0.05, 0) is 18.9 Å². The van der Waals surface area contributed by atoms with Gasteiger partial charge in [-0.3, -0.25) is 4.79 Å². The summed E-state index contributed by atoms with van der Waals surface area (Å²) in [4.78, 5) is 21.2. The number of hydrogen-bond acceptors (Lipinski definition) is 4. The van der Waals surface area contributed by atoms with Crippen molar-refractivity contribution in [2.75, 3.05) is 10.6 Å². The summed E-state index contributed by atoms with van der Waals surface area (Å²) in [6.07, 6.45) is 8.31. The second-order valence-corrected chi connectivity index (χ2v) is 6.32. The Morgan fingerprint density at radius 3 is 2.83 bits per heavy atom. The van der Waals surface area contributed by atoms with Crippen molar-refractivity contribution in [3.05, 3.63) is 36.0 Å². The standard InChI is InChI=1S/C18H20N4O/c23-16-10-12-11-19-18(20-13-6-2-1-3-7-13)22-17(12)14-8-4-5-9-15(14)21-16/h4-5,8-9,11,13H,1-3,6-7,10H2,(H,21,23)(H,19,20,22). The predicted molar refractivity (Wildman–Crippen MR) is 90.3 cm³/mol. The maximum absolute atomic E-state index is 12.0. The number of nitrogens with one attached hydrogen (secondary N) is 2. The van der Waals surface area contributed by atoms with Crippen molar-refractivity contribution in [3.63, 3.8) is 0 Å². The quantitative estimate of drug-likeness (QED) is 0.892. The Morgan fingerprint density at radius 1 is 1.13 bits per heavy atom. The Hall–Kier alpha value is -2.43. The van der Waals surface area contributed by atoms with Crippen molar-refractivity contribution >= 4 is 17.5 Å². The fourth-order valence-electron chi connectivity index (χ4n) is 3.43. The number of amides is 1. The fraction of sp³-hybridized carbons (Fsp3) is 0.389. The molecule has 2 aliphatic rings. The highest BCUT2D eigenvalue weighted by Gasteiger charge is 2.21.